The molecule has 0 fully saturated rings. The van der Waals surface area contributed by atoms with E-state index in [1.165, 1.54) is 16.8 Å². The summed E-state index contributed by atoms with van der Waals surface area (Å²) in [6.07, 6.45) is 0. The number of aromatic nitrogens is 4. The van der Waals surface area contributed by atoms with Gasteiger partial charge in [0.2, 0.25) is 11.9 Å². The lowest BCUT2D eigenvalue weighted by atomic mass is 10.1. The smallest absolute Gasteiger partial charge is 0.258 e. The second-order valence-corrected chi connectivity index (χ2v) is 3.53. The number of anilines is 1. The molecule has 0 bridgehead atoms. The highest BCUT2D eigenvalue weighted by Crippen LogP contribution is 2.07. The molecule has 0 atom stereocenters. The summed E-state index contributed by atoms with van der Waals surface area (Å²) < 4.78 is 1.32. The van der Waals surface area contributed by atoms with Crippen molar-refractivity contribution in [2.45, 2.75) is 0 Å². The zero-order valence-electron chi connectivity index (χ0n) is 9.49. The monoisotopic (exact) mass is 246 g/mol. The van der Waals surface area contributed by atoms with Crippen LogP contribution in [0.1, 0.15) is 20.7 Å². The maximum Gasteiger partial charge on any atom is 0.258 e. The Labute approximate surface area is 102 Å². The van der Waals surface area contributed by atoms with E-state index in [2.05, 4.69) is 20.8 Å². The molecule has 0 saturated carbocycles. The molecule has 2 rings (SSSR count). The Morgan fingerprint density at radius 2 is 2.06 bits per heavy atom. The van der Waals surface area contributed by atoms with Crippen LogP contribution in [0.5, 0.6) is 0 Å². The van der Waals surface area contributed by atoms with Gasteiger partial charge in [-0.2, -0.15) is 0 Å². The van der Waals surface area contributed by atoms with Gasteiger partial charge in [-0.1, -0.05) is 11.2 Å². The Morgan fingerprint density at radius 1 is 1.33 bits per heavy atom. The number of hydrogen-bond acceptors (Lipinski definition) is 5. The van der Waals surface area contributed by atoms with Gasteiger partial charge in [0.1, 0.15) is 0 Å². The number of nitrogens with one attached hydrogen (secondary N) is 1. The van der Waals surface area contributed by atoms with Crippen molar-refractivity contribution in [1.29, 1.82) is 0 Å². The van der Waals surface area contributed by atoms with E-state index >= 15 is 0 Å². The third kappa shape index (κ3) is 2.32. The Morgan fingerprint density at radius 3 is 2.67 bits per heavy atom. The van der Waals surface area contributed by atoms with E-state index in [0.717, 1.165) is 0 Å². The number of rotatable bonds is 3. The lowest BCUT2D eigenvalue weighted by Gasteiger charge is -2.03. The molecule has 2 amide bonds. The molecule has 92 valence electrons. The molecule has 0 saturated heterocycles. The Kier molecular flexibility index (Phi) is 3.00. The molecule has 18 heavy (non-hydrogen) atoms. The SMILES string of the molecule is Cn1nnnc1NC(=O)c1cccc(C(N)=O)c1. The quantitative estimate of drug-likeness (QED) is 0.761. The van der Waals surface area contributed by atoms with Gasteiger partial charge in [0, 0.05) is 18.2 Å². The molecule has 8 nitrogen and oxygen atoms in total. The van der Waals surface area contributed by atoms with Gasteiger partial charge in [0.15, 0.2) is 0 Å². The summed E-state index contributed by atoms with van der Waals surface area (Å²) in [7, 11) is 1.59. The van der Waals surface area contributed by atoms with Gasteiger partial charge in [-0.25, -0.2) is 4.68 Å². The standard InChI is InChI=1S/C10H10N6O2/c1-16-10(13-14-15-16)12-9(18)7-4-2-3-6(5-7)8(11)17/h2-5H,1H3,(H2,11,17)(H,12,13,15,18). The lowest BCUT2D eigenvalue weighted by Crippen LogP contribution is -2.17. The van der Waals surface area contributed by atoms with E-state index in [9.17, 15) is 9.59 Å². The number of amides is 2. The van der Waals surface area contributed by atoms with Crippen LogP contribution in [0.2, 0.25) is 0 Å². The first-order valence-corrected chi connectivity index (χ1v) is 5.01. The largest absolute Gasteiger partial charge is 0.366 e. The summed E-state index contributed by atoms with van der Waals surface area (Å²) >= 11 is 0. The van der Waals surface area contributed by atoms with Crippen LogP contribution in [0.3, 0.4) is 0 Å². The molecule has 0 spiro atoms. The Bertz CT molecular complexity index is 606. The number of nitrogens with two attached hydrogens (primary N) is 1. The third-order valence-corrected chi connectivity index (χ3v) is 2.25. The molecule has 3 N–H and O–H groups in total. The highest BCUT2D eigenvalue weighted by molar-refractivity contribution is 6.05. The minimum Gasteiger partial charge on any atom is -0.366 e. The third-order valence-electron chi connectivity index (χ3n) is 2.25. The van der Waals surface area contributed by atoms with Crippen LogP contribution in [0.25, 0.3) is 0 Å². The molecule has 1 aromatic heterocycles. The van der Waals surface area contributed by atoms with Crippen LogP contribution < -0.4 is 11.1 Å². The van der Waals surface area contributed by atoms with Gasteiger partial charge in [-0.05, 0) is 28.6 Å². The maximum atomic E-state index is 11.9. The minimum atomic E-state index is -0.593. The van der Waals surface area contributed by atoms with E-state index in [-0.39, 0.29) is 11.5 Å². The number of nitrogens with zero attached hydrogens (tertiary/aromatic N) is 4. The van der Waals surface area contributed by atoms with E-state index in [4.69, 9.17) is 5.73 Å². The lowest BCUT2D eigenvalue weighted by molar-refractivity contribution is 0.1000. The highest BCUT2D eigenvalue weighted by atomic mass is 16.2. The van der Waals surface area contributed by atoms with Gasteiger partial charge in [0.25, 0.3) is 5.91 Å². The van der Waals surface area contributed by atoms with E-state index in [1.54, 1.807) is 19.2 Å². The number of carbonyl (C=O) groups excluding carboxylic acids is 2. The van der Waals surface area contributed by atoms with Gasteiger partial charge >= 0.3 is 0 Å². The zero-order chi connectivity index (χ0) is 13.1. The summed E-state index contributed by atoms with van der Waals surface area (Å²) in [5, 5.41) is 13.1. The van der Waals surface area contributed by atoms with Crippen LogP contribution in [0.15, 0.2) is 24.3 Å². The summed E-state index contributed by atoms with van der Waals surface area (Å²) in [4.78, 5) is 22.9. The average Bonchev–Trinajstić information content (AvgIpc) is 2.75. The number of carbonyl (C=O) groups is 2. The number of aryl methyl sites for hydroxylation is 1. The van der Waals surface area contributed by atoms with Gasteiger partial charge in [-0.15, -0.1) is 0 Å². The van der Waals surface area contributed by atoms with Crippen molar-refractivity contribution in [2.75, 3.05) is 5.32 Å². The summed E-state index contributed by atoms with van der Waals surface area (Å²) in [6.45, 7) is 0. The van der Waals surface area contributed by atoms with Gasteiger partial charge in [0.05, 0.1) is 0 Å². The van der Waals surface area contributed by atoms with Gasteiger partial charge in [-0.3, -0.25) is 14.9 Å². The van der Waals surface area contributed by atoms with Crippen LogP contribution in [0, 0.1) is 0 Å². The number of hydrogen-bond donors (Lipinski definition) is 2. The van der Waals surface area contributed by atoms with E-state index in [1.807, 2.05) is 0 Å². The second-order valence-electron chi connectivity index (χ2n) is 3.53. The molecule has 1 aromatic carbocycles. The van der Waals surface area contributed by atoms with Gasteiger partial charge < -0.3 is 5.73 Å². The van der Waals surface area contributed by atoms with Crippen LogP contribution in [-0.4, -0.2) is 32.0 Å². The molecule has 0 radical (unpaired) electrons. The van der Waals surface area contributed by atoms with Crippen molar-refractivity contribution in [3.05, 3.63) is 35.4 Å². The van der Waals surface area contributed by atoms with Crippen LogP contribution >= 0.6 is 0 Å². The molecule has 0 aliphatic carbocycles. The molecule has 0 aliphatic rings. The van der Waals surface area contributed by atoms with Crippen molar-refractivity contribution < 1.29 is 9.59 Å². The van der Waals surface area contributed by atoms with Crippen molar-refractivity contribution in [3.63, 3.8) is 0 Å². The first kappa shape index (κ1) is 11.7. The Balaban J connectivity index is 2.21. The zero-order valence-corrected chi connectivity index (χ0v) is 9.49. The molecular weight excluding hydrogens is 236 g/mol. The average molecular weight is 246 g/mol. The fourth-order valence-electron chi connectivity index (χ4n) is 1.32. The fraction of sp³-hybridized carbons (Fsp3) is 0.100. The second kappa shape index (κ2) is 4.62. The normalized spacial score (nSPS) is 10.1. The minimum absolute atomic E-state index is 0.212. The number of primary amides is 1. The molecule has 0 aliphatic heterocycles. The molecule has 2 aromatic rings. The van der Waals surface area contributed by atoms with E-state index < -0.39 is 11.8 Å². The first-order chi connectivity index (χ1) is 8.58. The number of benzene rings is 1. The molecule has 1 heterocycles. The van der Waals surface area contributed by atoms with Crippen molar-refractivity contribution in [2.24, 2.45) is 12.8 Å². The summed E-state index contributed by atoms with van der Waals surface area (Å²) in [5.74, 6) is -0.801. The predicted octanol–water partition coefficient (Wildman–Crippen LogP) is -0.439. The van der Waals surface area contributed by atoms with Crippen LogP contribution in [-0.2, 0) is 7.05 Å². The summed E-state index contributed by atoms with van der Waals surface area (Å²) in [5.41, 5.74) is 5.70. The summed E-state index contributed by atoms with van der Waals surface area (Å²) in [6, 6.07) is 6.07. The predicted molar refractivity (Wildman–Crippen MR) is 61.7 cm³/mol. The van der Waals surface area contributed by atoms with Crippen molar-refractivity contribution in [1.82, 2.24) is 20.2 Å². The topological polar surface area (TPSA) is 116 Å². The Hall–Kier alpha value is -2.77. The highest BCUT2D eigenvalue weighted by Gasteiger charge is 2.11. The van der Waals surface area contributed by atoms with E-state index in [0.29, 0.717) is 5.56 Å². The molecular formula is C10H10N6O2. The van der Waals surface area contributed by atoms with Crippen LogP contribution in [0.4, 0.5) is 5.95 Å². The molecule has 8 heteroatoms. The van der Waals surface area contributed by atoms with Crippen molar-refractivity contribution >= 4 is 17.8 Å². The molecule has 0 unspecified atom stereocenters. The van der Waals surface area contributed by atoms with Crippen molar-refractivity contribution in [3.8, 4) is 0 Å². The maximum absolute atomic E-state index is 11.9. The number of tetrazole rings is 1. The first-order valence-electron chi connectivity index (χ1n) is 5.01. The fourth-order valence-corrected chi connectivity index (χ4v) is 1.32.